The third-order valence-electron chi connectivity index (χ3n) is 8.94. The molecule has 43 heavy (non-hydrogen) atoms. The first-order valence-corrected chi connectivity index (χ1v) is 25.3. The number of hydrogen-bond donors (Lipinski definition) is 4. The average molecular weight is 703 g/mol. The normalized spacial score (nSPS) is 21.9. The predicted octanol–water partition coefficient (Wildman–Crippen LogP) is 5.67. The van der Waals surface area contributed by atoms with Gasteiger partial charge in [0.1, 0.15) is 0 Å². The Morgan fingerprint density at radius 3 is 1.49 bits per heavy atom. The van der Waals surface area contributed by atoms with E-state index in [1.165, 1.54) is 6.16 Å². The molecule has 2 aromatic rings. The molecule has 0 amide bonds. The van der Waals surface area contributed by atoms with Gasteiger partial charge in [-0.3, -0.25) is 0 Å². The van der Waals surface area contributed by atoms with Gasteiger partial charge >= 0.3 is 0 Å². The third kappa shape index (κ3) is 9.93. The van der Waals surface area contributed by atoms with E-state index in [2.05, 4.69) is 117 Å². The molecule has 2 saturated heterocycles. The van der Waals surface area contributed by atoms with Crippen molar-refractivity contribution in [2.24, 2.45) is 0 Å². The molecule has 0 bridgehead atoms. The minimum Gasteiger partial charge on any atom is -0.748 e. The molecule has 252 valence electrons. The van der Waals surface area contributed by atoms with E-state index in [1.807, 2.05) is 35.5 Å². The largest absolute Gasteiger partial charge is 0.748 e. The Morgan fingerprint density at radius 1 is 0.767 bits per heavy atom. The van der Waals surface area contributed by atoms with E-state index in [9.17, 15) is 0 Å². The molecular weight excluding hydrogens is 638 g/mol. The third-order valence-corrected chi connectivity index (χ3v) is 18.3. The molecule has 2 aliphatic rings. The fourth-order valence-electron chi connectivity index (χ4n) is 7.16. The first kappa shape index (κ1) is 39.5. The van der Waals surface area contributed by atoms with Gasteiger partial charge in [-0.15, -0.1) is 22.7 Å². The fourth-order valence-corrected chi connectivity index (χ4v) is 17.4. The Hall–Kier alpha value is 0.353. The maximum atomic E-state index is 3.98. The summed E-state index contributed by atoms with van der Waals surface area (Å²) in [4.78, 5) is 0. The Kier molecular flexibility index (Phi) is 14.3. The molecule has 3 unspecified atom stereocenters. The smallest absolute Gasteiger partial charge is 0.0508 e. The maximum Gasteiger partial charge on any atom is 0.0508 e. The Bertz CT molecular complexity index is 1050. The van der Waals surface area contributed by atoms with Gasteiger partial charge in [0.25, 0.3) is 0 Å². The molecule has 0 radical (unpaired) electrons. The van der Waals surface area contributed by atoms with E-state index in [4.69, 9.17) is 0 Å². The van der Waals surface area contributed by atoms with Crippen molar-refractivity contribution in [2.45, 2.75) is 115 Å². The Morgan fingerprint density at radius 2 is 1.19 bits per heavy atom. The number of rotatable bonds is 7. The quantitative estimate of drug-likeness (QED) is 0.171. The number of piperazine rings is 2. The maximum absolute atomic E-state index is 3.98. The number of nitrogens with one attached hydrogen (secondary N) is 4. The SMILES string of the molecule is CC(C)(C)P(C[c-]1c(C(P)(C2CNCCN2)C2CNCCN2)cc([Si](C)(C)C)c1[Si](C)(C)C)C(C)(C)C.[Fe].[cH-]1[cH-][cH-][cH-][cH-]1. The molecule has 4 N–H and O–H groups in total. The zero-order valence-electron chi connectivity index (χ0n) is 29.4. The molecule has 2 aliphatic heterocycles. The van der Waals surface area contributed by atoms with Gasteiger partial charge in [0.15, 0.2) is 0 Å². The topological polar surface area (TPSA) is 48.1 Å². The summed E-state index contributed by atoms with van der Waals surface area (Å²) in [6, 6.07) is 13.5. The van der Waals surface area contributed by atoms with Crippen molar-refractivity contribution in [1.29, 1.82) is 0 Å². The standard InChI is InChI=1S/C29H59N4P2Si2.C5H5.Fe/c1-27(2,3)35(28(4,5)6)20-21-22(17-23(36(7,8)9)26(21)37(10,11)12)29(34,24-18-30-13-15-32-24)25-19-31-14-16-33-25;1-2-4-5-3-1;/h17,24-25,30-33H,13-16,18-20,34H2,1-12H3;1-5H;/q-1;-5;. The van der Waals surface area contributed by atoms with E-state index in [0.717, 1.165) is 39.3 Å². The van der Waals surface area contributed by atoms with Crippen molar-refractivity contribution in [1.82, 2.24) is 21.3 Å². The van der Waals surface area contributed by atoms with Crippen LogP contribution < -0.4 is 31.6 Å². The van der Waals surface area contributed by atoms with Crippen LogP contribution in [0.15, 0.2) is 36.4 Å². The molecule has 0 aliphatic carbocycles. The summed E-state index contributed by atoms with van der Waals surface area (Å²) in [7, 11) is 0.0595. The van der Waals surface area contributed by atoms with Gasteiger partial charge in [0.2, 0.25) is 0 Å². The van der Waals surface area contributed by atoms with Crippen molar-refractivity contribution in [3.05, 3.63) is 47.5 Å². The van der Waals surface area contributed by atoms with Crippen LogP contribution in [-0.2, 0) is 28.4 Å². The second kappa shape index (κ2) is 15.5. The van der Waals surface area contributed by atoms with Gasteiger partial charge in [-0.05, 0) is 10.3 Å². The zero-order valence-corrected chi connectivity index (χ0v) is 34.6. The van der Waals surface area contributed by atoms with Crippen molar-refractivity contribution >= 4 is 43.7 Å². The van der Waals surface area contributed by atoms with E-state index in [0.29, 0.717) is 22.4 Å². The van der Waals surface area contributed by atoms with Gasteiger partial charge in [-0.1, -0.05) is 87.0 Å². The molecule has 3 atom stereocenters. The second-order valence-electron chi connectivity index (χ2n) is 16.6. The van der Waals surface area contributed by atoms with Crippen LogP contribution in [0.4, 0.5) is 0 Å². The van der Waals surface area contributed by atoms with Crippen LogP contribution >= 0.6 is 17.2 Å². The molecule has 0 saturated carbocycles. The molecule has 0 aromatic heterocycles. The Labute approximate surface area is 282 Å². The fraction of sp³-hybridized carbons (Fsp3) is 0.706. The minimum atomic E-state index is -1.61. The first-order chi connectivity index (χ1) is 19.3. The molecule has 2 aromatic carbocycles. The monoisotopic (exact) mass is 702 g/mol. The van der Waals surface area contributed by atoms with E-state index < -0.39 is 16.1 Å². The van der Waals surface area contributed by atoms with E-state index >= 15 is 0 Å². The molecular formula is C34H64FeN4P2Si2-6. The molecule has 4 nitrogen and oxygen atoms in total. The van der Waals surface area contributed by atoms with Gasteiger partial charge in [-0.25, -0.2) is 11.3 Å². The average Bonchev–Trinajstić information content (AvgIpc) is 3.58. The summed E-state index contributed by atoms with van der Waals surface area (Å²) in [5.41, 5.74) is 3.37. The van der Waals surface area contributed by atoms with Crippen molar-refractivity contribution in [3.8, 4) is 0 Å². The molecule has 0 spiro atoms. The molecule has 2 heterocycles. The van der Waals surface area contributed by atoms with Crippen molar-refractivity contribution in [3.63, 3.8) is 0 Å². The van der Waals surface area contributed by atoms with Gasteiger partial charge in [0.05, 0.1) is 8.07 Å². The van der Waals surface area contributed by atoms with Gasteiger partial charge < -0.3 is 51.6 Å². The summed E-state index contributed by atoms with van der Waals surface area (Å²) in [5, 5.41) is 19.5. The second-order valence-corrected chi connectivity index (χ2v) is 31.4. The number of hydrogen-bond acceptors (Lipinski definition) is 4. The summed E-state index contributed by atoms with van der Waals surface area (Å²) >= 11 is 0. The first-order valence-electron chi connectivity index (χ1n) is 16.2. The van der Waals surface area contributed by atoms with Crippen molar-refractivity contribution < 1.29 is 17.1 Å². The molecule has 9 heteroatoms. The van der Waals surface area contributed by atoms with Crippen molar-refractivity contribution in [2.75, 3.05) is 39.3 Å². The summed E-state index contributed by atoms with van der Waals surface area (Å²) in [6.45, 7) is 36.7. The van der Waals surface area contributed by atoms with E-state index in [1.54, 1.807) is 16.3 Å². The zero-order chi connectivity index (χ0) is 31.6. The van der Waals surface area contributed by atoms with Gasteiger partial charge in [-0.2, -0.15) is 10.8 Å². The van der Waals surface area contributed by atoms with Crippen LogP contribution in [0, 0.1) is 0 Å². The predicted molar refractivity (Wildman–Crippen MR) is 201 cm³/mol. The van der Waals surface area contributed by atoms with Crippen LogP contribution in [0.3, 0.4) is 0 Å². The molecule has 2 fully saturated rings. The van der Waals surface area contributed by atoms with Crippen LogP contribution in [0.1, 0.15) is 52.7 Å². The van der Waals surface area contributed by atoms with Crippen LogP contribution in [0.25, 0.3) is 0 Å². The summed E-state index contributed by atoms with van der Waals surface area (Å²) in [5.74, 6) is 0. The minimum absolute atomic E-state index is 0. The summed E-state index contributed by atoms with van der Waals surface area (Å²) in [6.07, 6.45) is 1.23. The van der Waals surface area contributed by atoms with E-state index in [-0.39, 0.29) is 30.1 Å². The summed E-state index contributed by atoms with van der Waals surface area (Å²) < 4.78 is 0. The van der Waals surface area contributed by atoms with Crippen LogP contribution in [0.5, 0.6) is 0 Å². The van der Waals surface area contributed by atoms with Crippen LogP contribution in [-0.4, -0.2) is 77.8 Å². The van der Waals surface area contributed by atoms with Crippen LogP contribution in [0.2, 0.25) is 39.3 Å². The Balaban J connectivity index is 0.000000973. The van der Waals surface area contributed by atoms with Gasteiger partial charge in [0, 0.05) is 81.7 Å². The molecule has 4 rings (SSSR count).